The maximum absolute atomic E-state index is 12.9. The lowest BCUT2D eigenvalue weighted by molar-refractivity contribution is -0.138. The van der Waals surface area contributed by atoms with Crippen molar-refractivity contribution in [2.75, 3.05) is 6.54 Å². The standard InChI is InChI=1S/C22H35N3O3/c1-15-6-8-19(9-7-15)24-13-18(23-14-24)11-17-10-16(2)12-25(20(17)26)21(27)28-22(3,4)5/h13-17,19H,6-12H2,1-5H3/t15-,16-,17-,19-/m0/s1. The van der Waals surface area contributed by atoms with Gasteiger partial charge in [0, 0.05) is 31.1 Å². The molecule has 0 spiro atoms. The zero-order valence-electron chi connectivity index (χ0n) is 18.0. The summed E-state index contributed by atoms with van der Waals surface area (Å²) in [6.45, 7) is 10.3. The Labute approximate surface area is 168 Å². The molecule has 1 saturated heterocycles. The van der Waals surface area contributed by atoms with Crippen molar-refractivity contribution in [1.29, 1.82) is 0 Å². The number of likely N-dealkylation sites (tertiary alicyclic amines) is 1. The fourth-order valence-corrected chi connectivity index (χ4v) is 4.41. The third kappa shape index (κ3) is 5.15. The maximum atomic E-state index is 12.9. The summed E-state index contributed by atoms with van der Waals surface area (Å²) in [6, 6.07) is 0.525. The molecule has 0 N–H and O–H groups in total. The normalized spacial score (nSPS) is 29.0. The highest BCUT2D eigenvalue weighted by molar-refractivity contribution is 5.94. The molecule has 1 aromatic rings. The summed E-state index contributed by atoms with van der Waals surface area (Å²) in [4.78, 5) is 31.3. The van der Waals surface area contributed by atoms with E-state index in [-0.39, 0.29) is 17.7 Å². The Morgan fingerprint density at radius 3 is 2.50 bits per heavy atom. The van der Waals surface area contributed by atoms with Gasteiger partial charge >= 0.3 is 6.09 Å². The molecule has 6 nitrogen and oxygen atoms in total. The number of nitrogens with zero attached hydrogens (tertiary/aromatic N) is 3. The summed E-state index contributed by atoms with van der Waals surface area (Å²) in [5.74, 6) is 0.732. The average molecular weight is 390 g/mol. The number of hydrogen-bond acceptors (Lipinski definition) is 4. The number of amides is 2. The Bertz CT molecular complexity index is 698. The predicted molar refractivity (Wildman–Crippen MR) is 108 cm³/mol. The van der Waals surface area contributed by atoms with Crippen LogP contribution in [0.4, 0.5) is 4.79 Å². The number of carbonyl (C=O) groups excluding carboxylic acids is 2. The van der Waals surface area contributed by atoms with Crippen LogP contribution in [0.5, 0.6) is 0 Å². The van der Waals surface area contributed by atoms with Crippen molar-refractivity contribution in [1.82, 2.24) is 14.5 Å². The summed E-state index contributed by atoms with van der Waals surface area (Å²) in [5, 5.41) is 0. The number of aromatic nitrogens is 2. The van der Waals surface area contributed by atoms with E-state index in [1.54, 1.807) is 0 Å². The molecule has 1 saturated carbocycles. The second kappa shape index (κ2) is 8.26. The molecule has 2 fully saturated rings. The van der Waals surface area contributed by atoms with Crippen LogP contribution < -0.4 is 0 Å². The van der Waals surface area contributed by atoms with Gasteiger partial charge in [-0.15, -0.1) is 0 Å². The first-order valence-electron chi connectivity index (χ1n) is 10.7. The Morgan fingerprint density at radius 2 is 1.86 bits per heavy atom. The molecule has 2 heterocycles. The van der Waals surface area contributed by atoms with Gasteiger partial charge in [-0.3, -0.25) is 4.79 Å². The molecule has 28 heavy (non-hydrogen) atoms. The molecule has 6 heteroatoms. The van der Waals surface area contributed by atoms with Crippen molar-refractivity contribution in [3.63, 3.8) is 0 Å². The lowest BCUT2D eigenvalue weighted by Crippen LogP contribution is -2.50. The first kappa shape index (κ1) is 20.9. The Hall–Kier alpha value is -1.85. The Balaban J connectivity index is 1.65. The van der Waals surface area contributed by atoms with Crippen LogP contribution in [-0.4, -0.2) is 38.6 Å². The van der Waals surface area contributed by atoms with Crippen molar-refractivity contribution in [3.05, 3.63) is 18.2 Å². The van der Waals surface area contributed by atoms with E-state index in [1.807, 2.05) is 27.1 Å². The molecule has 1 aromatic heterocycles. The molecule has 2 aliphatic rings. The molecule has 0 aromatic carbocycles. The third-order valence-corrected chi connectivity index (χ3v) is 5.93. The van der Waals surface area contributed by atoms with E-state index in [4.69, 9.17) is 4.74 Å². The summed E-state index contributed by atoms with van der Waals surface area (Å²) in [5.41, 5.74) is 0.333. The summed E-state index contributed by atoms with van der Waals surface area (Å²) in [6.07, 6.45) is 9.78. The predicted octanol–water partition coefficient (Wildman–Crippen LogP) is 4.60. The van der Waals surface area contributed by atoms with Gasteiger partial charge in [-0.2, -0.15) is 0 Å². The van der Waals surface area contributed by atoms with Gasteiger partial charge in [0.1, 0.15) is 5.60 Å². The first-order chi connectivity index (χ1) is 13.1. The molecule has 1 aliphatic carbocycles. The number of rotatable bonds is 3. The van der Waals surface area contributed by atoms with E-state index in [0.717, 1.165) is 18.0 Å². The van der Waals surface area contributed by atoms with Crippen molar-refractivity contribution in [3.8, 4) is 0 Å². The fraction of sp³-hybridized carbons (Fsp3) is 0.773. The van der Waals surface area contributed by atoms with Gasteiger partial charge in [-0.25, -0.2) is 14.7 Å². The van der Waals surface area contributed by atoms with Crippen molar-refractivity contribution in [2.24, 2.45) is 17.8 Å². The van der Waals surface area contributed by atoms with Crippen molar-refractivity contribution >= 4 is 12.0 Å². The monoisotopic (exact) mass is 389 g/mol. The van der Waals surface area contributed by atoms with E-state index in [0.29, 0.717) is 19.0 Å². The lowest BCUT2D eigenvalue weighted by Gasteiger charge is -2.35. The molecule has 3 rings (SSSR count). The third-order valence-electron chi connectivity index (χ3n) is 5.93. The van der Waals surface area contributed by atoms with Crippen LogP contribution >= 0.6 is 0 Å². The second-order valence-electron chi connectivity index (χ2n) is 9.90. The smallest absolute Gasteiger partial charge is 0.417 e. The van der Waals surface area contributed by atoms with Crippen LogP contribution in [0.3, 0.4) is 0 Å². The van der Waals surface area contributed by atoms with Gasteiger partial charge in [-0.05, 0) is 64.7 Å². The second-order valence-corrected chi connectivity index (χ2v) is 9.90. The number of ether oxygens (including phenoxy) is 1. The number of carbonyl (C=O) groups is 2. The topological polar surface area (TPSA) is 64.4 Å². The average Bonchev–Trinajstić information content (AvgIpc) is 3.05. The van der Waals surface area contributed by atoms with Gasteiger partial charge < -0.3 is 9.30 Å². The highest BCUT2D eigenvalue weighted by Gasteiger charge is 2.38. The molecule has 0 bridgehead atoms. The first-order valence-corrected chi connectivity index (χ1v) is 10.7. The highest BCUT2D eigenvalue weighted by atomic mass is 16.6. The number of piperidine rings is 1. The lowest BCUT2D eigenvalue weighted by atomic mass is 9.86. The van der Waals surface area contributed by atoms with Crippen LogP contribution in [-0.2, 0) is 16.0 Å². The van der Waals surface area contributed by atoms with Crippen LogP contribution in [0.25, 0.3) is 0 Å². The zero-order valence-corrected chi connectivity index (χ0v) is 18.0. The van der Waals surface area contributed by atoms with Crippen LogP contribution in [0.1, 0.15) is 78.5 Å². The molecule has 2 atom stereocenters. The SMILES string of the molecule is C[C@H]1C[C@@H](Cc2cn([C@H]3CC[C@H](C)CC3)cn2)C(=O)N(C(=O)OC(C)(C)C)C1. The van der Waals surface area contributed by atoms with E-state index in [9.17, 15) is 9.59 Å². The maximum Gasteiger partial charge on any atom is 0.417 e. The fourth-order valence-electron chi connectivity index (χ4n) is 4.41. The van der Waals surface area contributed by atoms with Gasteiger partial charge in [0.05, 0.1) is 12.0 Å². The van der Waals surface area contributed by atoms with Crippen LogP contribution in [0.2, 0.25) is 0 Å². The van der Waals surface area contributed by atoms with Gasteiger partial charge in [0.2, 0.25) is 5.91 Å². The van der Waals surface area contributed by atoms with Crippen LogP contribution in [0, 0.1) is 17.8 Å². The molecular weight excluding hydrogens is 354 g/mol. The zero-order chi connectivity index (χ0) is 20.5. The Morgan fingerprint density at radius 1 is 1.18 bits per heavy atom. The van der Waals surface area contributed by atoms with E-state index in [1.165, 1.54) is 30.6 Å². The van der Waals surface area contributed by atoms with Gasteiger partial charge in [0.15, 0.2) is 0 Å². The van der Waals surface area contributed by atoms with Gasteiger partial charge in [0.25, 0.3) is 0 Å². The minimum atomic E-state index is -0.607. The molecule has 0 radical (unpaired) electrons. The van der Waals surface area contributed by atoms with Gasteiger partial charge in [-0.1, -0.05) is 13.8 Å². The van der Waals surface area contributed by atoms with Crippen molar-refractivity contribution < 1.29 is 14.3 Å². The van der Waals surface area contributed by atoms with Crippen molar-refractivity contribution in [2.45, 2.75) is 84.8 Å². The Kier molecular flexibility index (Phi) is 6.15. The van der Waals surface area contributed by atoms with E-state index >= 15 is 0 Å². The summed E-state index contributed by atoms with van der Waals surface area (Å²) in [7, 11) is 0. The molecule has 2 amide bonds. The minimum absolute atomic E-state index is 0.131. The summed E-state index contributed by atoms with van der Waals surface area (Å²) < 4.78 is 7.66. The van der Waals surface area contributed by atoms with E-state index < -0.39 is 11.7 Å². The minimum Gasteiger partial charge on any atom is -0.443 e. The quantitative estimate of drug-likeness (QED) is 0.758. The van der Waals surface area contributed by atoms with E-state index in [2.05, 4.69) is 29.6 Å². The molecule has 156 valence electrons. The number of imidazole rings is 1. The summed E-state index contributed by atoms with van der Waals surface area (Å²) >= 11 is 0. The molecule has 0 unspecified atom stereocenters. The highest BCUT2D eigenvalue weighted by Crippen LogP contribution is 2.32. The molecule has 1 aliphatic heterocycles. The van der Waals surface area contributed by atoms with Crippen LogP contribution in [0.15, 0.2) is 12.5 Å². The largest absolute Gasteiger partial charge is 0.443 e. The number of hydrogen-bond donors (Lipinski definition) is 0. The number of imide groups is 1. The molecular formula is C22H35N3O3.